The largest absolute Gasteiger partial charge is 0.206 e. The molecule has 0 nitrogen and oxygen atoms in total. The van der Waals surface area contributed by atoms with Gasteiger partial charge in [0, 0.05) is 15.1 Å². The SMILES string of the molecule is C/C=C/CCc1ccc(-c2ccc(-c3ccc(C4CCC(C5CCC(I)CC5)CC4)cc3F)cc2)c(F)c1F. The monoisotopic (exact) mass is 642 g/mol. The highest BCUT2D eigenvalue weighted by Crippen LogP contribution is 2.44. The van der Waals surface area contributed by atoms with Gasteiger partial charge in [0.1, 0.15) is 5.82 Å². The average molecular weight is 643 g/mol. The molecule has 4 heteroatoms. The molecule has 0 spiro atoms. The van der Waals surface area contributed by atoms with E-state index in [9.17, 15) is 8.78 Å². The van der Waals surface area contributed by atoms with E-state index in [-0.39, 0.29) is 11.4 Å². The lowest BCUT2D eigenvalue weighted by Gasteiger charge is -2.37. The fourth-order valence-corrected chi connectivity index (χ4v) is 7.45. The minimum atomic E-state index is -0.830. The van der Waals surface area contributed by atoms with E-state index < -0.39 is 11.6 Å². The lowest BCUT2D eigenvalue weighted by atomic mass is 9.70. The maximum absolute atomic E-state index is 15.3. The van der Waals surface area contributed by atoms with Crippen molar-refractivity contribution in [2.24, 2.45) is 11.8 Å². The topological polar surface area (TPSA) is 0 Å². The minimum Gasteiger partial charge on any atom is -0.206 e. The third kappa shape index (κ3) is 6.64. The molecule has 5 rings (SSSR count). The number of hydrogen-bond acceptors (Lipinski definition) is 0. The normalized spacial score (nSPS) is 23.8. The van der Waals surface area contributed by atoms with Crippen molar-refractivity contribution in [3.63, 3.8) is 0 Å². The molecule has 0 saturated heterocycles. The molecule has 2 saturated carbocycles. The standard InChI is InChI=1S/C35H38F3I/c1-2-3-4-5-28-16-21-32(35(38)34(28)37)27-12-10-26(11-13-27)31-20-17-29(22-33(31)36)25-8-6-23(7-9-25)24-14-18-30(39)19-15-24/h2-3,10-13,16-17,20-25,30H,4-9,14-15,18-19H2,1H3/b3-2+. The molecule has 3 aromatic rings. The summed E-state index contributed by atoms with van der Waals surface area (Å²) in [4.78, 5) is 0. The number of hydrogen-bond donors (Lipinski definition) is 0. The average Bonchev–Trinajstić information content (AvgIpc) is 2.96. The smallest absolute Gasteiger partial charge is 0.166 e. The van der Waals surface area contributed by atoms with E-state index >= 15 is 4.39 Å². The van der Waals surface area contributed by atoms with Crippen LogP contribution >= 0.6 is 22.6 Å². The van der Waals surface area contributed by atoms with Crippen LogP contribution in [0.3, 0.4) is 0 Å². The number of alkyl halides is 1. The first-order valence-electron chi connectivity index (χ1n) is 14.6. The molecular weight excluding hydrogens is 604 g/mol. The quantitative estimate of drug-likeness (QED) is 0.137. The van der Waals surface area contributed by atoms with Crippen molar-refractivity contribution in [3.05, 3.63) is 95.3 Å². The molecule has 0 bridgehead atoms. The molecule has 2 aliphatic rings. The highest BCUT2D eigenvalue weighted by molar-refractivity contribution is 14.1. The zero-order chi connectivity index (χ0) is 27.4. The minimum absolute atomic E-state index is 0.217. The van der Waals surface area contributed by atoms with E-state index in [1.165, 1.54) is 38.5 Å². The number of allylic oxidation sites excluding steroid dienone is 2. The van der Waals surface area contributed by atoms with Gasteiger partial charge in [0.2, 0.25) is 0 Å². The van der Waals surface area contributed by atoms with Gasteiger partial charge in [-0.3, -0.25) is 0 Å². The van der Waals surface area contributed by atoms with Crippen molar-refractivity contribution in [2.45, 2.75) is 81.0 Å². The van der Waals surface area contributed by atoms with Crippen molar-refractivity contribution in [3.8, 4) is 22.3 Å². The van der Waals surface area contributed by atoms with Crippen LogP contribution in [0.25, 0.3) is 22.3 Å². The maximum Gasteiger partial charge on any atom is 0.166 e. The molecule has 0 aromatic heterocycles. The van der Waals surface area contributed by atoms with E-state index in [2.05, 4.69) is 28.7 Å². The summed E-state index contributed by atoms with van der Waals surface area (Å²) < 4.78 is 45.7. The summed E-state index contributed by atoms with van der Waals surface area (Å²) in [6.07, 6.45) is 15.3. The summed E-state index contributed by atoms with van der Waals surface area (Å²) in [5.74, 6) is 0.344. The molecule has 0 amide bonds. The zero-order valence-electron chi connectivity index (χ0n) is 22.7. The van der Waals surface area contributed by atoms with Crippen LogP contribution in [0.2, 0.25) is 0 Å². The van der Waals surface area contributed by atoms with Gasteiger partial charge in [0.15, 0.2) is 11.6 Å². The third-order valence-electron chi connectivity index (χ3n) is 9.09. The van der Waals surface area contributed by atoms with E-state index in [4.69, 9.17) is 0 Å². The van der Waals surface area contributed by atoms with Gasteiger partial charge in [-0.25, -0.2) is 13.2 Å². The number of aryl methyl sites for hydroxylation is 1. The Bertz CT molecular complexity index is 1280. The highest BCUT2D eigenvalue weighted by atomic mass is 127. The Morgan fingerprint density at radius 1 is 0.718 bits per heavy atom. The Morgan fingerprint density at radius 2 is 1.31 bits per heavy atom. The van der Waals surface area contributed by atoms with Gasteiger partial charge >= 0.3 is 0 Å². The van der Waals surface area contributed by atoms with E-state index in [1.54, 1.807) is 42.5 Å². The van der Waals surface area contributed by atoms with Crippen LogP contribution in [0.15, 0.2) is 66.7 Å². The van der Waals surface area contributed by atoms with Crippen LogP contribution in [0.5, 0.6) is 0 Å². The summed E-state index contributed by atoms with van der Waals surface area (Å²) in [5, 5.41) is 0. The summed E-state index contributed by atoms with van der Waals surface area (Å²) in [6.45, 7) is 1.91. The fraction of sp³-hybridized carbons (Fsp3) is 0.429. The van der Waals surface area contributed by atoms with Gasteiger partial charge in [-0.15, -0.1) is 0 Å². The van der Waals surface area contributed by atoms with E-state index in [0.29, 0.717) is 35.4 Å². The first kappa shape index (κ1) is 28.4. The Labute approximate surface area is 245 Å². The second-order valence-corrected chi connectivity index (χ2v) is 13.2. The van der Waals surface area contributed by atoms with E-state index in [1.807, 2.05) is 25.1 Å². The zero-order valence-corrected chi connectivity index (χ0v) is 24.9. The molecule has 0 N–H and O–H groups in total. The first-order valence-corrected chi connectivity index (χ1v) is 15.8. The van der Waals surface area contributed by atoms with Crippen LogP contribution in [0, 0.1) is 29.3 Å². The number of rotatable bonds is 7. The predicted octanol–water partition coefficient (Wildman–Crippen LogP) is 11.2. The van der Waals surface area contributed by atoms with Crippen LogP contribution < -0.4 is 0 Å². The van der Waals surface area contributed by atoms with Crippen molar-refractivity contribution >= 4 is 22.6 Å². The van der Waals surface area contributed by atoms with Crippen LogP contribution in [0.4, 0.5) is 13.2 Å². The van der Waals surface area contributed by atoms with Crippen molar-refractivity contribution < 1.29 is 13.2 Å². The second kappa shape index (κ2) is 13.1. The number of halogens is 4. The molecule has 0 atom stereocenters. The Hall–Kier alpha value is -2.08. The molecular formula is C35H38F3I. The van der Waals surface area contributed by atoms with Gasteiger partial charge in [0.05, 0.1) is 0 Å². The van der Waals surface area contributed by atoms with Crippen molar-refractivity contribution in [1.29, 1.82) is 0 Å². The summed E-state index contributed by atoms with van der Waals surface area (Å²) in [7, 11) is 0. The molecule has 206 valence electrons. The molecule has 2 aliphatic carbocycles. The molecule has 39 heavy (non-hydrogen) atoms. The molecule has 3 aromatic carbocycles. The molecule has 0 unspecified atom stereocenters. The lowest BCUT2D eigenvalue weighted by molar-refractivity contribution is 0.189. The van der Waals surface area contributed by atoms with Crippen molar-refractivity contribution in [2.75, 3.05) is 0 Å². The molecule has 0 radical (unpaired) electrons. The summed E-state index contributed by atoms with van der Waals surface area (Å²) in [5.41, 5.74) is 3.57. The Morgan fingerprint density at radius 3 is 1.92 bits per heavy atom. The Kier molecular flexibility index (Phi) is 9.52. The summed E-state index contributed by atoms with van der Waals surface area (Å²) in [6, 6.07) is 16.0. The van der Waals surface area contributed by atoms with Crippen LogP contribution in [-0.4, -0.2) is 3.92 Å². The Balaban J connectivity index is 1.24. The van der Waals surface area contributed by atoms with Gasteiger partial charge in [-0.05, 0) is 117 Å². The van der Waals surface area contributed by atoms with Crippen LogP contribution in [0.1, 0.15) is 81.8 Å². The number of benzene rings is 3. The van der Waals surface area contributed by atoms with Gasteiger partial charge in [-0.1, -0.05) is 83.3 Å². The second-order valence-electron chi connectivity index (χ2n) is 11.4. The van der Waals surface area contributed by atoms with Gasteiger partial charge in [-0.2, -0.15) is 0 Å². The summed E-state index contributed by atoms with van der Waals surface area (Å²) >= 11 is 2.60. The molecule has 0 aliphatic heterocycles. The predicted molar refractivity (Wildman–Crippen MR) is 165 cm³/mol. The van der Waals surface area contributed by atoms with Gasteiger partial charge in [0.25, 0.3) is 0 Å². The van der Waals surface area contributed by atoms with Crippen molar-refractivity contribution in [1.82, 2.24) is 0 Å². The highest BCUT2D eigenvalue weighted by Gasteiger charge is 2.31. The van der Waals surface area contributed by atoms with Crippen LogP contribution in [-0.2, 0) is 6.42 Å². The maximum atomic E-state index is 15.3. The lowest BCUT2D eigenvalue weighted by Crippen LogP contribution is -2.25. The third-order valence-corrected chi connectivity index (χ3v) is 10.3. The van der Waals surface area contributed by atoms with Gasteiger partial charge < -0.3 is 0 Å². The first-order chi connectivity index (χ1) is 18.9. The van der Waals surface area contributed by atoms with E-state index in [0.717, 1.165) is 39.7 Å². The molecule has 0 heterocycles. The fourth-order valence-electron chi connectivity index (χ4n) is 6.73. The molecule has 2 fully saturated rings.